The number of carbonyl (C=O) groups is 2. The van der Waals surface area contributed by atoms with E-state index in [4.69, 9.17) is 0 Å². The number of imidazole rings is 1. The lowest BCUT2D eigenvalue weighted by Gasteiger charge is -2.29. The maximum Gasteiger partial charge on any atom is 0.276 e. The molecule has 8 heteroatoms. The van der Waals surface area contributed by atoms with Gasteiger partial charge in [-0.1, -0.05) is 12.1 Å². The van der Waals surface area contributed by atoms with Crippen LogP contribution < -0.4 is 10.6 Å². The number of aromatic nitrogens is 4. The third-order valence-electron chi connectivity index (χ3n) is 5.84. The second kappa shape index (κ2) is 6.69. The maximum atomic E-state index is 13.0. The molecule has 5 rings (SSSR count). The highest BCUT2D eigenvalue weighted by atomic mass is 16.2. The molecule has 2 N–H and O–H groups in total. The van der Waals surface area contributed by atoms with Crippen LogP contribution in [0.5, 0.6) is 0 Å². The first-order valence-electron chi connectivity index (χ1n) is 10.1. The minimum absolute atomic E-state index is 0.0238. The molecule has 0 saturated heterocycles. The first-order valence-corrected chi connectivity index (χ1v) is 10.1. The van der Waals surface area contributed by atoms with E-state index in [0.29, 0.717) is 23.8 Å². The van der Waals surface area contributed by atoms with Crippen LogP contribution in [0.1, 0.15) is 47.8 Å². The van der Waals surface area contributed by atoms with Crippen molar-refractivity contribution in [2.24, 2.45) is 0 Å². The van der Waals surface area contributed by atoms with Crippen LogP contribution >= 0.6 is 0 Å². The second-order valence-electron chi connectivity index (χ2n) is 7.63. The summed E-state index contributed by atoms with van der Waals surface area (Å²) in [5.74, 6) is 0.0313. The Morgan fingerprint density at radius 1 is 1.17 bits per heavy atom. The summed E-state index contributed by atoms with van der Waals surface area (Å²) in [6.45, 7) is 6.68. The van der Waals surface area contributed by atoms with Gasteiger partial charge in [-0.15, -0.1) is 0 Å². The lowest BCUT2D eigenvalue weighted by molar-refractivity contribution is 0.0891. The quantitative estimate of drug-likeness (QED) is 0.549. The fourth-order valence-electron chi connectivity index (χ4n) is 4.09. The van der Waals surface area contributed by atoms with Gasteiger partial charge in [0.15, 0.2) is 0 Å². The van der Waals surface area contributed by atoms with Crippen molar-refractivity contribution in [1.29, 1.82) is 0 Å². The number of amides is 2. The van der Waals surface area contributed by atoms with Gasteiger partial charge in [0.05, 0.1) is 17.1 Å². The van der Waals surface area contributed by atoms with Crippen LogP contribution in [0.4, 0.5) is 5.95 Å². The number of rotatable bonds is 3. The zero-order valence-electron chi connectivity index (χ0n) is 17.0. The van der Waals surface area contributed by atoms with Gasteiger partial charge < -0.3 is 14.5 Å². The first kappa shape index (κ1) is 18.4. The molecule has 152 valence electrons. The summed E-state index contributed by atoms with van der Waals surface area (Å²) in [5.41, 5.74) is 3.27. The fourth-order valence-corrected chi connectivity index (χ4v) is 4.09. The van der Waals surface area contributed by atoms with E-state index in [1.54, 1.807) is 6.07 Å². The van der Waals surface area contributed by atoms with Crippen LogP contribution in [-0.4, -0.2) is 37.0 Å². The second-order valence-corrected chi connectivity index (χ2v) is 7.63. The minimum Gasteiger partial charge on any atom is -0.346 e. The van der Waals surface area contributed by atoms with Crippen molar-refractivity contribution in [3.8, 4) is 0 Å². The van der Waals surface area contributed by atoms with Crippen LogP contribution in [0.25, 0.3) is 22.1 Å². The molecule has 2 amide bonds. The molecule has 0 fully saturated rings. The normalized spacial score (nSPS) is 18.4. The van der Waals surface area contributed by atoms with Gasteiger partial charge in [0.2, 0.25) is 5.95 Å². The highest BCUT2D eigenvalue weighted by Crippen LogP contribution is 2.28. The molecule has 1 aliphatic heterocycles. The molecule has 1 aliphatic rings. The molecule has 0 radical (unpaired) electrons. The number of hydrogen-bond acceptors (Lipinski definition) is 4. The molecule has 0 saturated carbocycles. The van der Waals surface area contributed by atoms with E-state index in [1.807, 2.05) is 66.3 Å². The average molecular weight is 402 g/mol. The number of anilines is 1. The zero-order valence-corrected chi connectivity index (χ0v) is 17.0. The van der Waals surface area contributed by atoms with E-state index < -0.39 is 0 Å². The number of fused-ring (bicyclic) bond motifs is 4. The highest BCUT2D eigenvalue weighted by Gasteiger charge is 2.30. The van der Waals surface area contributed by atoms with Gasteiger partial charge in [-0.05, 0) is 51.1 Å². The molecule has 3 aromatic heterocycles. The summed E-state index contributed by atoms with van der Waals surface area (Å²) in [5, 5.41) is 6.69. The van der Waals surface area contributed by atoms with Crippen LogP contribution in [-0.2, 0) is 6.54 Å². The van der Waals surface area contributed by atoms with E-state index in [9.17, 15) is 9.59 Å². The molecule has 2 atom stereocenters. The van der Waals surface area contributed by atoms with E-state index in [2.05, 4.69) is 20.6 Å². The van der Waals surface area contributed by atoms with Gasteiger partial charge in [0.25, 0.3) is 11.8 Å². The zero-order chi connectivity index (χ0) is 21.0. The van der Waals surface area contributed by atoms with E-state index in [1.165, 1.54) is 0 Å². The Bertz CT molecular complexity index is 1320. The topological polar surface area (TPSA) is 93.8 Å². The largest absolute Gasteiger partial charge is 0.346 e. The fraction of sp³-hybridized carbons (Fsp3) is 0.273. The third-order valence-corrected chi connectivity index (χ3v) is 5.84. The first-order chi connectivity index (χ1) is 14.5. The number of pyridine rings is 1. The molecule has 4 heterocycles. The number of nitrogens with one attached hydrogen (secondary N) is 2. The van der Waals surface area contributed by atoms with Gasteiger partial charge in [0, 0.05) is 18.0 Å². The number of benzene rings is 1. The van der Waals surface area contributed by atoms with Crippen molar-refractivity contribution < 1.29 is 9.59 Å². The lowest BCUT2D eigenvalue weighted by atomic mass is 10.1. The molecule has 1 aromatic carbocycles. The Hall–Kier alpha value is -3.68. The van der Waals surface area contributed by atoms with Gasteiger partial charge in [0.1, 0.15) is 17.0 Å². The molecular weight excluding hydrogens is 380 g/mol. The molecule has 0 bridgehead atoms. The third kappa shape index (κ3) is 2.67. The summed E-state index contributed by atoms with van der Waals surface area (Å²) in [7, 11) is 0. The summed E-state index contributed by atoms with van der Waals surface area (Å²) in [6, 6.07) is 13.1. The van der Waals surface area contributed by atoms with Crippen LogP contribution in [0.15, 0.2) is 42.5 Å². The molecule has 0 spiro atoms. The predicted molar refractivity (Wildman–Crippen MR) is 115 cm³/mol. The molecular formula is C22H22N6O2. The Balaban J connectivity index is 1.54. The monoisotopic (exact) mass is 402 g/mol. The molecule has 0 aliphatic carbocycles. The molecule has 8 nitrogen and oxygen atoms in total. The van der Waals surface area contributed by atoms with Crippen molar-refractivity contribution in [3.63, 3.8) is 0 Å². The Morgan fingerprint density at radius 2 is 1.97 bits per heavy atom. The SMILES string of the molecule is CCn1c(NC(=O)c2ccc3cc4n(c3n2)[C@H](C)[C@H](C)NC4=O)nc2ccccc21. The number of para-hydroxylation sites is 2. The lowest BCUT2D eigenvalue weighted by Crippen LogP contribution is -2.44. The number of hydrogen-bond donors (Lipinski definition) is 2. The Kier molecular flexibility index (Phi) is 4.09. The van der Waals surface area contributed by atoms with Gasteiger partial charge in [-0.2, -0.15) is 0 Å². The van der Waals surface area contributed by atoms with E-state index >= 15 is 0 Å². The smallest absolute Gasteiger partial charge is 0.276 e. The molecule has 30 heavy (non-hydrogen) atoms. The number of aryl methyl sites for hydroxylation is 1. The van der Waals surface area contributed by atoms with Gasteiger partial charge >= 0.3 is 0 Å². The van der Waals surface area contributed by atoms with Crippen molar-refractivity contribution >= 4 is 39.8 Å². The van der Waals surface area contributed by atoms with Crippen molar-refractivity contribution in [3.05, 3.63) is 53.9 Å². The highest BCUT2D eigenvalue weighted by molar-refractivity contribution is 6.05. The summed E-state index contributed by atoms with van der Waals surface area (Å²) >= 11 is 0. The summed E-state index contributed by atoms with van der Waals surface area (Å²) < 4.78 is 3.87. The van der Waals surface area contributed by atoms with Crippen LogP contribution in [0.2, 0.25) is 0 Å². The summed E-state index contributed by atoms with van der Waals surface area (Å²) in [6.07, 6.45) is 0. The van der Waals surface area contributed by atoms with Gasteiger partial charge in [-0.3, -0.25) is 14.9 Å². The van der Waals surface area contributed by atoms with Crippen molar-refractivity contribution in [2.75, 3.05) is 5.32 Å². The van der Waals surface area contributed by atoms with Crippen LogP contribution in [0.3, 0.4) is 0 Å². The minimum atomic E-state index is -0.335. The standard InChI is InChI=1S/C22H22N6O2/c1-4-27-17-8-6-5-7-15(17)25-22(27)26-20(29)16-10-9-14-11-18-21(30)23-12(2)13(3)28(18)19(14)24-16/h5-13H,4H2,1-3H3,(H,23,30)(H,25,26,29)/t12-,13+/m0/s1. The van der Waals surface area contributed by atoms with Crippen molar-refractivity contribution in [1.82, 2.24) is 24.4 Å². The number of carbonyl (C=O) groups excluding carboxylic acids is 2. The number of nitrogens with zero attached hydrogens (tertiary/aromatic N) is 4. The Morgan fingerprint density at radius 3 is 2.77 bits per heavy atom. The Labute approximate surface area is 172 Å². The maximum absolute atomic E-state index is 13.0. The van der Waals surface area contributed by atoms with E-state index in [0.717, 1.165) is 16.4 Å². The molecule has 4 aromatic rings. The summed E-state index contributed by atoms with van der Waals surface area (Å²) in [4.78, 5) is 34.5. The van der Waals surface area contributed by atoms with Crippen molar-refractivity contribution in [2.45, 2.75) is 39.4 Å². The van der Waals surface area contributed by atoms with Gasteiger partial charge in [-0.25, -0.2) is 9.97 Å². The van der Waals surface area contributed by atoms with E-state index in [-0.39, 0.29) is 29.6 Å². The predicted octanol–water partition coefficient (Wildman–Crippen LogP) is 3.35. The molecule has 0 unspecified atom stereocenters. The van der Waals surface area contributed by atoms with Crippen LogP contribution in [0, 0.1) is 0 Å². The average Bonchev–Trinajstić information content (AvgIpc) is 3.29.